The van der Waals surface area contributed by atoms with E-state index in [4.69, 9.17) is 5.73 Å². The van der Waals surface area contributed by atoms with Crippen molar-refractivity contribution in [1.29, 1.82) is 0 Å². The van der Waals surface area contributed by atoms with E-state index in [1.165, 1.54) is 12.1 Å². The number of hydrogen-bond donors (Lipinski definition) is 1. The van der Waals surface area contributed by atoms with E-state index in [-0.39, 0.29) is 23.6 Å². The smallest absolute Gasteiger partial charge is 0.221 e. The van der Waals surface area contributed by atoms with Crippen molar-refractivity contribution in [3.8, 4) is 0 Å². The van der Waals surface area contributed by atoms with Crippen LogP contribution < -0.4 is 5.73 Å². The van der Waals surface area contributed by atoms with E-state index in [0.717, 1.165) is 12.0 Å². The van der Waals surface area contributed by atoms with Crippen LogP contribution in [0, 0.1) is 11.7 Å². The number of nitrogens with two attached hydrogens (primary N) is 1. The molecule has 2 nitrogen and oxygen atoms in total. The van der Waals surface area contributed by atoms with Crippen LogP contribution in [-0.4, -0.2) is 5.91 Å². The highest BCUT2D eigenvalue weighted by Crippen LogP contribution is 2.46. The Bertz CT molecular complexity index is 333. The molecular formula is C10H10FNO. The van der Waals surface area contributed by atoms with Crippen molar-refractivity contribution >= 4 is 5.91 Å². The standard InChI is InChI=1S/C10H10FNO/c11-7-3-1-6(2-4-7)8-5-9(8)10(12)13/h1-4,8-9H,5H2,(H2,12,13)/t8-,9+/m0/s1. The minimum atomic E-state index is -0.255. The molecule has 0 saturated heterocycles. The molecule has 0 spiro atoms. The highest BCUT2D eigenvalue weighted by molar-refractivity contribution is 5.81. The van der Waals surface area contributed by atoms with Crippen LogP contribution in [0.2, 0.25) is 0 Å². The fraction of sp³-hybridized carbons (Fsp3) is 0.300. The van der Waals surface area contributed by atoms with E-state index in [2.05, 4.69) is 0 Å². The molecule has 1 fully saturated rings. The molecule has 0 unspecified atom stereocenters. The Kier molecular flexibility index (Phi) is 1.79. The average molecular weight is 179 g/mol. The summed E-state index contributed by atoms with van der Waals surface area (Å²) in [6.07, 6.45) is 0.807. The van der Waals surface area contributed by atoms with Gasteiger partial charge >= 0.3 is 0 Å². The van der Waals surface area contributed by atoms with Crippen LogP contribution in [0.15, 0.2) is 24.3 Å². The zero-order chi connectivity index (χ0) is 9.42. The van der Waals surface area contributed by atoms with E-state index in [1.54, 1.807) is 12.1 Å². The molecule has 1 amide bonds. The predicted octanol–water partition coefficient (Wildman–Crippen LogP) is 1.41. The van der Waals surface area contributed by atoms with Crippen LogP contribution in [0.25, 0.3) is 0 Å². The summed E-state index contributed by atoms with van der Waals surface area (Å²) < 4.78 is 12.5. The topological polar surface area (TPSA) is 43.1 Å². The molecule has 0 radical (unpaired) electrons. The van der Waals surface area contributed by atoms with Gasteiger partial charge in [-0.15, -0.1) is 0 Å². The van der Waals surface area contributed by atoms with Crippen molar-refractivity contribution in [2.45, 2.75) is 12.3 Å². The summed E-state index contributed by atoms with van der Waals surface area (Å²) in [5, 5.41) is 0. The van der Waals surface area contributed by atoms with Crippen molar-refractivity contribution < 1.29 is 9.18 Å². The average Bonchev–Trinajstić information content (AvgIpc) is 2.85. The number of carbonyl (C=O) groups excluding carboxylic acids is 1. The first-order chi connectivity index (χ1) is 6.18. The molecule has 2 N–H and O–H groups in total. The van der Waals surface area contributed by atoms with Gasteiger partial charge in [-0.25, -0.2) is 4.39 Å². The second-order valence-corrected chi connectivity index (χ2v) is 3.40. The van der Waals surface area contributed by atoms with Gasteiger partial charge in [0.2, 0.25) is 5.91 Å². The van der Waals surface area contributed by atoms with Crippen LogP contribution in [0.5, 0.6) is 0 Å². The second-order valence-electron chi connectivity index (χ2n) is 3.40. The van der Waals surface area contributed by atoms with Crippen molar-refractivity contribution in [2.24, 2.45) is 11.7 Å². The van der Waals surface area contributed by atoms with Gasteiger partial charge in [0.15, 0.2) is 0 Å². The molecule has 1 aliphatic carbocycles. The van der Waals surface area contributed by atoms with Gasteiger partial charge in [-0.3, -0.25) is 4.79 Å². The molecule has 1 aliphatic rings. The Morgan fingerprint density at radius 3 is 2.46 bits per heavy atom. The summed E-state index contributed by atoms with van der Waals surface area (Å²) in [7, 11) is 0. The highest BCUT2D eigenvalue weighted by Gasteiger charge is 2.42. The van der Waals surface area contributed by atoms with Crippen LogP contribution in [-0.2, 0) is 4.79 Å². The summed E-state index contributed by atoms with van der Waals surface area (Å²) in [5.74, 6) is -0.321. The van der Waals surface area contributed by atoms with Crippen molar-refractivity contribution in [1.82, 2.24) is 0 Å². The Morgan fingerprint density at radius 2 is 2.00 bits per heavy atom. The molecule has 1 aromatic carbocycles. The zero-order valence-electron chi connectivity index (χ0n) is 7.03. The Labute approximate surface area is 75.6 Å². The minimum Gasteiger partial charge on any atom is -0.369 e. The molecular weight excluding hydrogens is 169 g/mol. The lowest BCUT2D eigenvalue weighted by molar-refractivity contribution is -0.119. The van der Waals surface area contributed by atoms with Gasteiger partial charge in [0.05, 0.1) is 0 Å². The quantitative estimate of drug-likeness (QED) is 0.732. The van der Waals surface area contributed by atoms with Gasteiger partial charge in [0.1, 0.15) is 5.82 Å². The molecule has 2 rings (SSSR count). The highest BCUT2D eigenvalue weighted by atomic mass is 19.1. The van der Waals surface area contributed by atoms with E-state index in [9.17, 15) is 9.18 Å². The fourth-order valence-electron chi connectivity index (χ4n) is 1.59. The number of benzene rings is 1. The summed E-state index contributed by atoms with van der Waals surface area (Å²) in [6, 6.07) is 6.24. The first-order valence-electron chi connectivity index (χ1n) is 4.23. The molecule has 0 aliphatic heterocycles. The lowest BCUT2D eigenvalue weighted by Gasteiger charge is -1.97. The van der Waals surface area contributed by atoms with Gasteiger partial charge in [0, 0.05) is 5.92 Å². The molecule has 68 valence electrons. The molecule has 2 atom stereocenters. The van der Waals surface area contributed by atoms with Gasteiger partial charge in [-0.05, 0) is 30.0 Å². The third-order valence-corrected chi connectivity index (χ3v) is 2.45. The minimum absolute atomic E-state index is 0.0366. The largest absolute Gasteiger partial charge is 0.369 e. The Morgan fingerprint density at radius 1 is 1.38 bits per heavy atom. The van der Waals surface area contributed by atoms with Gasteiger partial charge in [-0.1, -0.05) is 12.1 Å². The van der Waals surface area contributed by atoms with Crippen LogP contribution >= 0.6 is 0 Å². The third-order valence-electron chi connectivity index (χ3n) is 2.45. The monoisotopic (exact) mass is 179 g/mol. The molecule has 0 bridgehead atoms. The lowest BCUT2D eigenvalue weighted by Crippen LogP contribution is -2.13. The SMILES string of the molecule is NC(=O)[C@@H]1C[C@H]1c1ccc(F)cc1. The number of carbonyl (C=O) groups is 1. The third kappa shape index (κ3) is 1.54. The number of hydrogen-bond acceptors (Lipinski definition) is 1. The predicted molar refractivity (Wildman–Crippen MR) is 46.4 cm³/mol. The molecule has 0 heterocycles. The van der Waals surface area contributed by atoms with Crippen molar-refractivity contribution in [2.75, 3.05) is 0 Å². The van der Waals surface area contributed by atoms with E-state index >= 15 is 0 Å². The summed E-state index contributed by atoms with van der Waals surface area (Å²) >= 11 is 0. The summed E-state index contributed by atoms with van der Waals surface area (Å²) in [4.78, 5) is 10.8. The van der Waals surface area contributed by atoms with Crippen molar-refractivity contribution in [3.63, 3.8) is 0 Å². The van der Waals surface area contributed by atoms with Crippen LogP contribution in [0.3, 0.4) is 0 Å². The maximum absolute atomic E-state index is 12.5. The number of primary amides is 1. The molecule has 0 aromatic heterocycles. The number of rotatable bonds is 2. The van der Waals surface area contributed by atoms with Crippen LogP contribution in [0.4, 0.5) is 4.39 Å². The first kappa shape index (κ1) is 8.23. The van der Waals surface area contributed by atoms with Crippen LogP contribution in [0.1, 0.15) is 17.9 Å². The number of halogens is 1. The van der Waals surface area contributed by atoms with E-state index < -0.39 is 0 Å². The zero-order valence-corrected chi connectivity index (χ0v) is 7.03. The molecule has 1 aromatic rings. The maximum Gasteiger partial charge on any atom is 0.221 e. The number of amides is 1. The van der Waals surface area contributed by atoms with Crippen molar-refractivity contribution in [3.05, 3.63) is 35.6 Å². The second kappa shape index (κ2) is 2.83. The van der Waals surface area contributed by atoms with Gasteiger partial charge in [-0.2, -0.15) is 0 Å². The maximum atomic E-state index is 12.5. The Hall–Kier alpha value is -1.38. The van der Waals surface area contributed by atoms with Gasteiger partial charge in [0.25, 0.3) is 0 Å². The first-order valence-corrected chi connectivity index (χ1v) is 4.23. The Balaban J connectivity index is 2.12. The summed E-state index contributed by atoms with van der Waals surface area (Å²) in [5.41, 5.74) is 6.15. The van der Waals surface area contributed by atoms with E-state index in [0.29, 0.717) is 0 Å². The fourth-order valence-corrected chi connectivity index (χ4v) is 1.59. The lowest BCUT2D eigenvalue weighted by atomic mass is 10.1. The van der Waals surface area contributed by atoms with E-state index in [1.807, 2.05) is 0 Å². The molecule has 13 heavy (non-hydrogen) atoms. The van der Waals surface area contributed by atoms with Gasteiger partial charge < -0.3 is 5.73 Å². The molecule has 3 heteroatoms. The molecule has 1 saturated carbocycles. The summed E-state index contributed by atoms with van der Waals surface area (Å²) in [6.45, 7) is 0. The normalized spacial score (nSPS) is 25.6.